The van der Waals surface area contributed by atoms with Gasteiger partial charge in [0.05, 0.1) is 5.41 Å². The van der Waals surface area contributed by atoms with Gasteiger partial charge in [0.1, 0.15) is 5.75 Å². The van der Waals surface area contributed by atoms with Crippen LogP contribution in [-0.4, -0.2) is 5.97 Å². The number of rotatable bonds is 3. The largest absolute Gasteiger partial charge is 0.426 e. The zero-order valence-electron chi connectivity index (χ0n) is 11.1. The van der Waals surface area contributed by atoms with Crippen LogP contribution < -0.4 is 4.74 Å². The summed E-state index contributed by atoms with van der Waals surface area (Å²) in [6.07, 6.45) is 0.763. The molecule has 0 saturated heterocycles. The topological polar surface area (TPSA) is 26.3 Å². The molecule has 0 heterocycles. The highest BCUT2D eigenvalue weighted by molar-refractivity contribution is 5.85. The van der Waals surface area contributed by atoms with Gasteiger partial charge in [-0.25, -0.2) is 0 Å². The lowest BCUT2D eigenvalue weighted by Gasteiger charge is -2.20. The van der Waals surface area contributed by atoms with E-state index < -0.39 is 5.41 Å². The molecule has 0 aromatic heterocycles. The van der Waals surface area contributed by atoms with Gasteiger partial charge in [0, 0.05) is 0 Å². The minimum Gasteiger partial charge on any atom is -0.426 e. The van der Waals surface area contributed by atoms with Crippen molar-refractivity contribution in [3.05, 3.63) is 42.5 Å². The number of fused-ring (bicyclic) bond motifs is 1. The van der Waals surface area contributed by atoms with E-state index in [1.807, 2.05) is 63.2 Å². The molecule has 0 aliphatic rings. The number of carbonyl (C=O) groups excluding carboxylic acids is 1. The number of carbonyl (C=O) groups is 1. The van der Waals surface area contributed by atoms with Gasteiger partial charge >= 0.3 is 5.97 Å². The van der Waals surface area contributed by atoms with Crippen LogP contribution in [0.2, 0.25) is 0 Å². The Bertz CT molecular complexity index is 570. The van der Waals surface area contributed by atoms with Crippen molar-refractivity contribution in [3.8, 4) is 5.75 Å². The summed E-state index contributed by atoms with van der Waals surface area (Å²) >= 11 is 0. The van der Waals surface area contributed by atoms with Crippen molar-refractivity contribution in [2.75, 3.05) is 0 Å². The Morgan fingerprint density at radius 1 is 1.11 bits per heavy atom. The van der Waals surface area contributed by atoms with Crippen molar-refractivity contribution in [2.24, 2.45) is 5.41 Å². The summed E-state index contributed by atoms with van der Waals surface area (Å²) in [7, 11) is 0. The molecule has 0 bridgehead atoms. The Labute approximate surface area is 108 Å². The van der Waals surface area contributed by atoms with Crippen LogP contribution in [0.15, 0.2) is 42.5 Å². The fourth-order valence-electron chi connectivity index (χ4n) is 1.62. The molecular formula is C16H18O2. The summed E-state index contributed by atoms with van der Waals surface area (Å²) in [5.74, 6) is 0.431. The van der Waals surface area contributed by atoms with Crippen molar-refractivity contribution < 1.29 is 9.53 Å². The lowest BCUT2D eigenvalue weighted by Crippen LogP contribution is -2.28. The highest BCUT2D eigenvalue weighted by atomic mass is 16.5. The maximum absolute atomic E-state index is 12.0. The molecule has 94 valence electrons. The maximum Gasteiger partial charge on any atom is 0.316 e. The predicted octanol–water partition coefficient (Wildman–Crippen LogP) is 4.18. The van der Waals surface area contributed by atoms with Crippen molar-refractivity contribution in [1.29, 1.82) is 0 Å². The van der Waals surface area contributed by atoms with E-state index in [0.717, 1.165) is 17.2 Å². The second kappa shape index (κ2) is 4.81. The minimum absolute atomic E-state index is 0.180. The summed E-state index contributed by atoms with van der Waals surface area (Å²) in [6, 6.07) is 13.7. The first-order chi connectivity index (χ1) is 8.53. The number of hydrogen-bond donors (Lipinski definition) is 0. The van der Waals surface area contributed by atoms with Gasteiger partial charge < -0.3 is 4.74 Å². The van der Waals surface area contributed by atoms with E-state index in [9.17, 15) is 4.79 Å². The van der Waals surface area contributed by atoms with Gasteiger partial charge in [0.25, 0.3) is 0 Å². The fourth-order valence-corrected chi connectivity index (χ4v) is 1.62. The highest BCUT2D eigenvalue weighted by Gasteiger charge is 2.27. The summed E-state index contributed by atoms with van der Waals surface area (Å²) in [6.45, 7) is 5.79. The monoisotopic (exact) mass is 242 g/mol. The van der Waals surface area contributed by atoms with Crippen LogP contribution in [0.4, 0.5) is 0 Å². The van der Waals surface area contributed by atoms with Gasteiger partial charge in [-0.05, 0) is 43.2 Å². The van der Waals surface area contributed by atoms with Crippen molar-refractivity contribution in [3.63, 3.8) is 0 Å². The van der Waals surface area contributed by atoms with Gasteiger partial charge in [-0.15, -0.1) is 0 Å². The van der Waals surface area contributed by atoms with Crippen LogP contribution in [0.1, 0.15) is 27.2 Å². The summed E-state index contributed by atoms with van der Waals surface area (Å²) in [5.41, 5.74) is -0.439. The van der Waals surface area contributed by atoms with Gasteiger partial charge in [0.15, 0.2) is 0 Å². The lowest BCUT2D eigenvalue weighted by molar-refractivity contribution is -0.144. The van der Waals surface area contributed by atoms with Crippen LogP contribution in [0.25, 0.3) is 10.8 Å². The van der Waals surface area contributed by atoms with E-state index in [1.165, 1.54) is 0 Å². The predicted molar refractivity (Wildman–Crippen MR) is 73.7 cm³/mol. The molecule has 18 heavy (non-hydrogen) atoms. The number of benzene rings is 2. The van der Waals surface area contributed by atoms with Crippen LogP contribution in [0.3, 0.4) is 0 Å². The third-order valence-electron chi connectivity index (χ3n) is 3.37. The maximum atomic E-state index is 12.0. The highest BCUT2D eigenvalue weighted by Crippen LogP contribution is 2.25. The second-order valence-electron chi connectivity index (χ2n) is 5.14. The third-order valence-corrected chi connectivity index (χ3v) is 3.37. The molecule has 0 unspecified atom stereocenters. The Morgan fingerprint density at radius 3 is 2.44 bits per heavy atom. The number of esters is 1. The SMILES string of the molecule is CCC(C)(C)C(=O)Oc1ccc2ccccc2c1. The molecule has 2 rings (SSSR count). The molecule has 0 aliphatic carbocycles. The molecule has 0 spiro atoms. The minimum atomic E-state index is -0.439. The van der Waals surface area contributed by atoms with E-state index in [0.29, 0.717) is 5.75 Å². The summed E-state index contributed by atoms with van der Waals surface area (Å²) < 4.78 is 5.44. The molecule has 2 aromatic rings. The first-order valence-corrected chi connectivity index (χ1v) is 6.24. The van der Waals surface area contributed by atoms with Crippen LogP contribution in [-0.2, 0) is 4.79 Å². The van der Waals surface area contributed by atoms with Crippen LogP contribution in [0, 0.1) is 5.41 Å². The molecule has 0 amide bonds. The van der Waals surface area contributed by atoms with E-state index >= 15 is 0 Å². The molecule has 2 heteroatoms. The van der Waals surface area contributed by atoms with Gasteiger partial charge in [0.2, 0.25) is 0 Å². The van der Waals surface area contributed by atoms with Crippen molar-refractivity contribution in [1.82, 2.24) is 0 Å². The average Bonchev–Trinajstić information content (AvgIpc) is 2.38. The molecule has 2 aromatic carbocycles. The smallest absolute Gasteiger partial charge is 0.316 e. The average molecular weight is 242 g/mol. The number of hydrogen-bond acceptors (Lipinski definition) is 2. The van der Waals surface area contributed by atoms with E-state index in [1.54, 1.807) is 0 Å². The second-order valence-corrected chi connectivity index (χ2v) is 5.14. The normalized spacial score (nSPS) is 11.5. The molecule has 0 saturated carbocycles. The van der Waals surface area contributed by atoms with Crippen molar-refractivity contribution in [2.45, 2.75) is 27.2 Å². The Morgan fingerprint density at radius 2 is 1.78 bits per heavy atom. The Hall–Kier alpha value is -1.83. The third kappa shape index (κ3) is 2.53. The standard InChI is InChI=1S/C16H18O2/c1-4-16(2,3)15(17)18-14-10-9-12-7-5-6-8-13(12)11-14/h5-11H,4H2,1-3H3. The first kappa shape index (κ1) is 12.6. The Kier molecular flexibility index (Phi) is 3.37. The lowest BCUT2D eigenvalue weighted by atomic mass is 9.91. The van der Waals surface area contributed by atoms with Gasteiger partial charge in [-0.2, -0.15) is 0 Å². The molecule has 0 N–H and O–H groups in total. The number of ether oxygens (including phenoxy) is 1. The molecule has 0 atom stereocenters. The fraction of sp³-hybridized carbons (Fsp3) is 0.312. The first-order valence-electron chi connectivity index (χ1n) is 6.24. The molecule has 0 radical (unpaired) electrons. The van der Waals surface area contributed by atoms with Crippen molar-refractivity contribution >= 4 is 16.7 Å². The van der Waals surface area contributed by atoms with E-state index in [4.69, 9.17) is 4.74 Å². The summed E-state index contributed by atoms with van der Waals surface area (Å²) in [4.78, 5) is 12.0. The van der Waals surface area contributed by atoms with Gasteiger partial charge in [-0.1, -0.05) is 37.3 Å². The van der Waals surface area contributed by atoms with E-state index in [-0.39, 0.29) is 5.97 Å². The zero-order chi connectivity index (χ0) is 13.2. The zero-order valence-corrected chi connectivity index (χ0v) is 11.1. The molecule has 2 nitrogen and oxygen atoms in total. The molecular weight excluding hydrogens is 224 g/mol. The van der Waals surface area contributed by atoms with Crippen LogP contribution in [0.5, 0.6) is 5.75 Å². The molecule has 0 aliphatic heterocycles. The molecule has 0 fully saturated rings. The summed E-state index contributed by atoms with van der Waals surface area (Å²) in [5, 5.41) is 2.23. The van der Waals surface area contributed by atoms with E-state index in [2.05, 4.69) is 0 Å². The quantitative estimate of drug-likeness (QED) is 0.596. The van der Waals surface area contributed by atoms with Gasteiger partial charge in [-0.3, -0.25) is 4.79 Å². The van der Waals surface area contributed by atoms with Crippen LogP contribution >= 0.6 is 0 Å². The Balaban J connectivity index is 2.25.